The Labute approximate surface area is 91.2 Å². The predicted molar refractivity (Wildman–Crippen MR) is 58.3 cm³/mol. The zero-order valence-electron chi connectivity index (χ0n) is 8.73. The van der Waals surface area contributed by atoms with E-state index in [9.17, 15) is 4.79 Å². The number of hydrogen-bond acceptors (Lipinski definition) is 1. The first-order chi connectivity index (χ1) is 6.72. The van der Waals surface area contributed by atoms with Gasteiger partial charge in [0.15, 0.2) is 0 Å². The maximum atomic E-state index is 11.1. The van der Waals surface area contributed by atoms with Crippen LogP contribution in [0.5, 0.6) is 0 Å². The zero-order chi connectivity index (χ0) is 10.0. The summed E-state index contributed by atoms with van der Waals surface area (Å²) >= 11 is 5.59. The Hall–Kier alpha value is -0.0400. The molecule has 0 heterocycles. The average molecular weight is 215 g/mol. The smallest absolute Gasteiger partial charge is 0.224 e. The Bertz CT molecular complexity index is 216. The van der Waals surface area contributed by atoms with Gasteiger partial charge in [-0.05, 0) is 49.1 Å². The molecule has 0 aliphatic heterocycles. The molecule has 2 aliphatic carbocycles. The van der Waals surface area contributed by atoms with Crippen molar-refractivity contribution < 1.29 is 4.79 Å². The summed E-state index contributed by atoms with van der Waals surface area (Å²) in [4.78, 5) is 11.1. The minimum absolute atomic E-state index is 0.0916. The lowest BCUT2D eigenvalue weighted by Crippen LogP contribution is -2.16. The van der Waals surface area contributed by atoms with Gasteiger partial charge in [-0.15, -0.1) is 0 Å². The molecule has 2 rings (SSSR count). The van der Waals surface area contributed by atoms with Gasteiger partial charge in [0.1, 0.15) is 0 Å². The van der Waals surface area contributed by atoms with E-state index >= 15 is 0 Å². The number of carbonyl (C=O) groups excluding carboxylic acids is 1. The molecule has 1 atom stereocenters. The van der Waals surface area contributed by atoms with E-state index in [1.807, 2.05) is 0 Å². The number of rotatable bonds is 1. The summed E-state index contributed by atoms with van der Waals surface area (Å²) in [6, 6.07) is 0. The summed E-state index contributed by atoms with van der Waals surface area (Å²) in [5, 5.41) is -0.0916. The lowest BCUT2D eigenvalue weighted by atomic mass is 9.78. The van der Waals surface area contributed by atoms with Gasteiger partial charge in [0.05, 0.1) is 0 Å². The van der Waals surface area contributed by atoms with Crippen LogP contribution >= 0.6 is 11.6 Å². The highest BCUT2D eigenvalue weighted by atomic mass is 35.5. The molecule has 80 valence electrons. The van der Waals surface area contributed by atoms with Crippen LogP contribution in [-0.4, -0.2) is 5.24 Å². The second-order valence-electron chi connectivity index (χ2n) is 5.16. The fraction of sp³-hybridized carbons (Fsp3) is 0.917. The molecule has 2 aliphatic rings. The molecule has 0 aromatic carbocycles. The van der Waals surface area contributed by atoms with Crippen molar-refractivity contribution >= 4 is 16.8 Å². The molecule has 0 bridgehead atoms. The van der Waals surface area contributed by atoms with Crippen LogP contribution in [0.25, 0.3) is 0 Å². The average Bonchev–Trinajstić information content (AvgIpc) is 2.41. The third-order valence-electron chi connectivity index (χ3n) is 4.19. The van der Waals surface area contributed by atoms with Gasteiger partial charge in [0.25, 0.3) is 0 Å². The van der Waals surface area contributed by atoms with E-state index in [0.29, 0.717) is 5.41 Å². The van der Waals surface area contributed by atoms with Crippen LogP contribution in [0.15, 0.2) is 0 Å². The molecule has 0 amide bonds. The molecule has 1 unspecified atom stereocenters. The summed E-state index contributed by atoms with van der Waals surface area (Å²) in [5.74, 6) is 0.176. The van der Waals surface area contributed by atoms with Crippen LogP contribution in [0.1, 0.15) is 57.8 Å². The van der Waals surface area contributed by atoms with E-state index in [1.165, 1.54) is 44.9 Å². The molecule has 1 nitrogen and oxygen atoms in total. The fourth-order valence-corrected chi connectivity index (χ4v) is 3.52. The van der Waals surface area contributed by atoms with E-state index in [1.54, 1.807) is 0 Å². The molecule has 0 aromatic rings. The van der Waals surface area contributed by atoms with E-state index in [0.717, 1.165) is 12.8 Å². The van der Waals surface area contributed by atoms with Gasteiger partial charge in [0.2, 0.25) is 5.24 Å². The highest BCUT2D eigenvalue weighted by Crippen LogP contribution is 2.50. The van der Waals surface area contributed by atoms with E-state index in [-0.39, 0.29) is 11.2 Å². The second-order valence-corrected chi connectivity index (χ2v) is 5.53. The quantitative estimate of drug-likeness (QED) is 0.606. The summed E-state index contributed by atoms with van der Waals surface area (Å²) in [6.07, 6.45) is 11.6. The molecule has 0 radical (unpaired) electrons. The number of hydrogen-bond donors (Lipinski definition) is 0. The van der Waals surface area contributed by atoms with Gasteiger partial charge < -0.3 is 0 Å². The van der Waals surface area contributed by atoms with Crippen molar-refractivity contribution in [2.24, 2.45) is 11.3 Å². The molecular formula is C12H19ClO. The largest absolute Gasteiger partial charge is 0.281 e. The van der Waals surface area contributed by atoms with Crippen LogP contribution in [0, 0.1) is 11.3 Å². The topological polar surface area (TPSA) is 17.1 Å². The van der Waals surface area contributed by atoms with Crippen molar-refractivity contribution in [3.05, 3.63) is 0 Å². The second kappa shape index (κ2) is 4.22. The maximum Gasteiger partial charge on any atom is 0.224 e. The van der Waals surface area contributed by atoms with Gasteiger partial charge in [-0.1, -0.05) is 25.7 Å². The lowest BCUT2D eigenvalue weighted by molar-refractivity contribution is -0.115. The molecular weight excluding hydrogens is 196 g/mol. The first kappa shape index (κ1) is 10.5. The minimum atomic E-state index is -0.0916. The normalized spacial score (nSPS) is 31.6. The molecule has 2 heteroatoms. The first-order valence-corrected chi connectivity index (χ1v) is 6.29. The molecule has 14 heavy (non-hydrogen) atoms. The Morgan fingerprint density at radius 1 is 1.07 bits per heavy atom. The molecule has 0 aromatic heterocycles. The molecule has 1 spiro atoms. The predicted octanol–water partition coefficient (Wildman–Crippen LogP) is 3.89. The molecule has 0 N–H and O–H groups in total. The Morgan fingerprint density at radius 3 is 2.21 bits per heavy atom. The van der Waals surface area contributed by atoms with Crippen LogP contribution in [0.4, 0.5) is 0 Å². The molecule has 2 fully saturated rings. The van der Waals surface area contributed by atoms with Gasteiger partial charge in [0, 0.05) is 5.92 Å². The number of halogens is 1. The Balaban J connectivity index is 1.99. The number of carbonyl (C=O) groups is 1. The highest BCUT2D eigenvalue weighted by Gasteiger charge is 2.40. The van der Waals surface area contributed by atoms with Crippen molar-refractivity contribution in [3.63, 3.8) is 0 Å². The summed E-state index contributed by atoms with van der Waals surface area (Å²) in [5.41, 5.74) is 0.506. The van der Waals surface area contributed by atoms with E-state index in [4.69, 9.17) is 11.6 Å². The zero-order valence-corrected chi connectivity index (χ0v) is 9.48. The van der Waals surface area contributed by atoms with Crippen LogP contribution in [-0.2, 0) is 4.79 Å². The fourth-order valence-electron chi connectivity index (χ4n) is 3.33. The summed E-state index contributed by atoms with van der Waals surface area (Å²) in [6.45, 7) is 0. The summed E-state index contributed by atoms with van der Waals surface area (Å²) in [7, 11) is 0. The van der Waals surface area contributed by atoms with Crippen LogP contribution in [0.3, 0.4) is 0 Å². The third kappa shape index (κ3) is 2.13. The van der Waals surface area contributed by atoms with Crippen molar-refractivity contribution in [1.29, 1.82) is 0 Å². The minimum Gasteiger partial charge on any atom is -0.281 e. The van der Waals surface area contributed by atoms with Gasteiger partial charge >= 0.3 is 0 Å². The van der Waals surface area contributed by atoms with Crippen molar-refractivity contribution in [1.82, 2.24) is 0 Å². The van der Waals surface area contributed by atoms with Gasteiger partial charge in [-0.25, -0.2) is 0 Å². The van der Waals surface area contributed by atoms with Gasteiger partial charge in [-0.2, -0.15) is 0 Å². The third-order valence-corrected chi connectivity index (χ3v) is 4.50. The van der Waals surface area contributed by atoms with Crippen molar-refractivity contribution in [3.8, 4) is 0 Å². The van der Waals surface area contributed by atoms with Gasteiger partial charge in [-0.3, -0.25) is 4.79 Å². The summed E-state index contributed by atoms with van der Waals surface area (Å²) < 4.78 is 0. The van der Waals surface area contributed by atoms with Crippen LogP contribution in [0.2, 0.25) is 0 Å². The molecule has 0 saturated heterocycles. The Kier molecular flexibility index (Phi) is 3.16. The monoisotopic (exact) mass is 214 g/mol. The lowest BCUT2D eigenvalue weighted by Gasteiger charge is -2.27. The molecule has 2 saturated carbocycles. The van der Waals surface area contributed by atoms with Crippen molar-refractivity contribution in [2.75, 3.05) is 0 Å². The SMILES string of the molecule is O=C(Cl)C1CCC2(CCCCCC2)C1. The standard InChI is InChI=1S/C12H19ClO/c13-11(14)10-5-8-12(9-10)6-3-1-2-4-7-12/h10H,1-9H2. The highest BCUT2D eigenvalue weighted by molar-refractivity contribution is 6.64. The van der Waals surface area contributed by atoms with Crippen molar-refractivity contribution in [2.45, 2.75) is 57.8 Å². The maximum absolute atomic E-state index is 11.1. The first-order valence-electron chi connectivity index (χ1n) is 5.91. The van der Waals surface area contributed by atoms with E-state index < -0.39 is 0 Å². The Morgan fingerprint density at radius 2 is 1.71 bits per heavy atom. The van der Waals surface area contributed by atoms with E-state index in [2.05, 4.69) is 0 Å². The van der Waals surface area contributed by atoms with Crippen LogP contribution < -0.4 is 0 Å².